The Kier molecular flexibility index (Phi) is 8.53. The average Bonchev–Trinajstić information content (AvgIpc) is 2.82. The maximum absolute atomic E-state index is 12.9. The number of anilines is 2. The average molecular weight is 508 g/mol. The summed E-state index contributed by atoms with van der Waals surface area (Å²) in [7, 11) is -3.54. The van der Waals surface area contributed by atoms with Crippen LogP contribution in [0.3, 0.4) is 0 Å². The van der Waals surface area contributed by atoms with E-state index >= 15 is 0 Å². The lowest BCUT2D eigenvalue weighted by Gasteiger charge is -2.26. The van der Waals surface area contributed by atoms with Gasteiger partial charge in [-0.25, -0.2) is 8.42 Å². The van der Waals surface area contributed by atoms with Gasteiger partial charge in [-0.05, 0) is 60.7 Å². The molecule has 7 nitrogen and oxygen atoms in total. The molecule has 3 aromatic carbocycles. The second kappa shape index (κ2) is 11.4. The molecule has 0 aliphatic carbocycles. The van der Waals surface area contributed by atoms with Crippen LogP contribution in [0.15, 0.2) is 66.7 Å². The van der Waals surface area contributed by atoms with E-state index in [1.165, 1.54) is 10.6 Å². The number of aryl methyl sites for hydroxylation is 2. The van der Waals surface area contributed by atoms with Crippen molar-refractivity contribution in [3.05, 3.63) is 94.5 Å². The Morgan fingerprint density at radius 3 is 2.06 bits per heavy atom. The molecule has 0 aromatic heterocycles. The van der Waals surface area contributed by atoms with E-state index in [9.17, 15) is 18.0 Å². The number of nitrogens with one attached hydrogen (secondary N) is 2. The summed E-state index contributed by atoms with van der Waals surface area (Å²) in [6.45, 7) is 8.47. The Morgan fingerprint density at radius 2 is 1.47 bits per heavy atom. The topological polar surface area (TPSA) is 95.6 Å². The van der Waals surface area contributed by atoms with Crippen LogP contribution in [0.4, 0.5) is 11.4 Å². The number of hydrogen-bond acceptors (Lipinski definition) is 4. The van der Waals surface area contributed by atoms with Crippen LogP contribution < -0.4 is 14.9 Å². The molecule has 0 heterocycles. The SMILES string of the molecule is Cc1cccc(C)c1N(Cc1ccc(C(=O)Nc2ccccc2C(=O)NCC(C)C)cc1)S(C)(=O)=O. The van der Waals surface area contributed by atoms with Crippen molar-refractivity contribution >= 4 is 33.2 Å². The Labute approximate surface area is 213 Å². The number of carbonyl (C=O) groups is 2. The molecule has 0 fully saturated rings. The predicted molar refractivity (Wildman–Crippen MR) is 145 cm³/mol. The maximum Gasteiger partial charge on any atom is 0.255 e. The normalized spacial score (nSPS) is 11.3. The minimum absolute atomic E-state index is 0.144. The van der Waals surface area contributed by atoms with Crippen molar-refractivity contribution in [2.24, 2.45) is 5.92 Å². The molecule has 8 heteroatoms. The van der Waals surface area contributed by atoms with E-state index in [2.05, 4.69) is 10.6 Å². The van der Waals surface area contributed by atoms with Crippen LogP contribution in [0, 0.1) is 19.8 Å². The molecular formula is C28H33N3O4S. The molecule has 0 atom stereocenters. The summed E-state index contributed by atoms with van der Waals surface area (Å²) in [6.07, 6.45) is 1.19. The summed E-state index contributed by atoms with van der Waals surface area (Å²) in [4.78, 5) is 25.5. The van der Waals surface area contributed by atoms with Gasteiger partial charge in [-0.2, -0.15) is 0 Å². The van der Waals surface area contributed by atoms with E-state index in [4.69, 9.17) is 0 Å². The maximum atomic E-state index is 12.9. The fourth-order valence-corrected chi connectivity index (χ4v) is 4.87. The van der Waals surface area contributed by atoms with Gasteiger partial charge in [0.25, 0.3) is 11.8 Å². The molecule has 36 heavy (non-hydrogen) atoms. The number of sulfonamides is 1. The number of amides is 2. The van der Waals surface area contributed by atoms with Crippen molar-refractivity contribution in [1.82, 2.24) is 5.32 Å². The zero-order chi connectivity index (χ0) is 26.5. The molecule has 3 aromatic rings. The zero-order valence-electron chi connectivity index (χ0n) is 21.3. The molecule has 2 amide bonds. The number of nitrogens with zero attached hydrogens (tertiary/aromatic N) is 1. The molecule has 0 bridgehead atoms. The van der Waals surface area contributed by atoms with Crippen LogP contribution in [-0.2, 0) is 16.6 Å². The Hall–Kier alpha value is -3.65. The third-order valence-electron chi connectivity index (χ3n) is 5.72. The van der Waals surface area contributed by atoms with Crippen LogP contribution in [0.1, 0.15) is 51.3 Å². The van der Waals surface area contributed by atoms with Gasteiger partial charge < -0.3 is 10.6 Å². The minimum atomic E-state index is -3.54. The van der Waals surface area contributed by atoms with Crippen molar-refractivity contribution < 1.29 is 18.0 Å². The van der Waals surface area contributed by atoms with Crippen molar-refractivity contribution in [3.63, 3.8) is 0 Å². The van der Waals surface area contributed by atoms with Gasteiger partial charge >= 0.3 is 0 Å². The van der Waals surface area contributed by atoms with Gasteiger partial charge in [0.15, 0.2) is 0 Å². The smallest absolute Gasteiger partial charge is 0.255 e. The van der Waals surface area contributed by atoms with Gasteiger partial charge in [0, 0.05) is 12.1 Å². The standard InChI is InChI=1S/C28H33N3O4S/c1-19(2)17-29-28(33)24-11-6-7-12-25(24)30-27(32)23-15-13-22(14-16-23)18-31(36(5,34)35)26-20(3)9-8-10-21(26)4/h6-16,19H,17-18H2,1-5H3,(H,29,33)(H,30,32). The first-order chi connectivity index (χ1) is 17.0. The molecule has 0 saturated carbocycles. The van der Waals surface area contributed by atoms with Crippen molar-refractivity contribution in [1.29, 1.82) is 0 Å². The lowest BCUT2D eigenvalue weighted by molar-refractivity contribution is 0.0950. The van der Waals surface area contributed by atoms with Crippen LogP contribution in [0.25, 0.3) is 0 Å². The Morgan fingerprint density at radius 1 is 0.861 bits per heavy atom. The van der Waals surface area contributed by atoms with Gasteiger partial charge in [0.2, 0.25) is 10.0 Å². The first-order valence-corrected chi connectivity index (χ1v) is 13.6. The van der Waals surface area contributed by atoms with Crippen molar-refractivity contribution in [3.8, 4) is 0 Å². The molecule has 0 aliphatic heterocycles. The monoisotopic (exact) mass is 507 g/mol. The Bertz CT molecular complexity index is 1330. The van der Waals surface area contributed by atoms with Gasteiger partial charge in [0.1, 0.15) is 0 Å². The molecular weight excluding hydrogens is 474 g/mol. The summed E-state index contributed by atoms with van der Waals surface area (Å²) >= 11 is 0. The molecule has 0 unspecified atom stereocenters. The van der Waals surface area contributed by atoms with E-state index in [1.54, 1.807) is 48.5 Å². The fraction of sp³-hybridized carbons (Fsp3) is 0.286. The first kappa shape index (κ1) is 26.9. The van der Waals surface area contributed by atoms with Crippen LogP contribution in [0.5, 0.6) is 0 Å². The second-order valence-electron chi connectivity index (χ2n) is 9.31. The molecule has 0 aliphatic rings. The molecule has 0 saturated heterocycles. The molecule has 190 valence electrons. The van der Waals surface area contributed by atoms with Gasteiger partial charge in [0.05, 0.1) is 29.7 Å². The highest BCUT2D eigenvalue weighted by atomic mass is 32.2. The lowest BCUT2D eigenvalue weighted by Crippen LogP contribution is -2.30. The second-order valence-corrected chi connectivity index (χ2v) is 11.2. The lowest BCUT2D eigenvalue weighted by atomic mass is 10.1. The van der Waals surface area contributed by atoms with Gasteiger partial charge in [-0.1, -0.05) is 56.3 Å². The third-order valence-corrected chi connectivity index (χ3v) is 6.83. The molecule has 2 N–H and O–H groups in total. The first-order valence-electron chi connectivity index (χ1n) is 11.8. The van der Waals surface area contributed by atoms with Crippen molar-refractivity contribution in [2.75, 3.05) is 22.4 Å². The highest BCUT2D eigenvalue weighted by Crippen LogP contribution is 2.28. The van der Waals surface area contributed by atoms with E-state index < -0.39 is 10.0 Å². The zero-order valence-corrected chi connectivity index (χ0v) is 22.1. The van der Waals surface area contributed by atoms with Crippen molar-refractivity contribution in [2.45, 2.75) is 34.2 Å². The van der Waals surface area contributed by atoms with E-state index in [0.717, 1.165) is 16.7 Å². The number of para-hydroxylation sites is 2. The number of hydrogen-bond donors (Lipinski definition) is 2. The van der Waals surface area contributed by atoms with Crippen LogP contribution >= 0.6 is 0 Å². The summed E-state index contributed by atoms with van der Waals surface area (Å²) in [5.41, 5.74) is 4.35. The highest BCUT2D eigenvalue weighted by molar-refractivity contribution is 7.92. The number of carbonyl (C=O) groups excluding carboxylic acids is 2. The fourth-order valence-electron chi connectivity index (χ4n) is 3.87. The van der Waals surface area contributed by atoms with E-state index in [1.807, 2.05) is 45.9 Å². The summed E-state index contributed by atoms with van der Waals surface area (Å²) in [5, 5.41) is 5.68. The number of rotatable bonds is 9. The predicted octanol–water partition coefficient (Wildman–Crippen LogP) is 4.91. The van der Waals surface area contributed by atoms with Gasteiger partial charge in [-0.3, -0.25) is 13.9 Å². The van der Waals surface area contributed by atoms with Crippen LogP contribution in [-0.4, -0.2) is 33.0 Å². The van der Waals surface area contributed by atoms with Crippen LogP contribution in [0.2, 0.25) is 0 Å². The minimum Gasteiger partial charge on any atom is -0.352 e. The third kappa shape index (κ3) is 6.73. The highest BCUT2D eigenvalue weighted by Gasteiger charge is 2.22. The van der Waals surface area contributed by atoms with E-state index in [-0.39, 0.29) is 18.4 Å². The summed E-state index contributed by atoms with van der Waals surface area (Å²) < 4.78 is 26.6. The largest absolute Gasteiger partial charge is 0.352 e. The quantitative estimate of drug-likeness (QED) is 0.430. The Balaban J connectivity index is 1.78. The number of benzene rings is 3. The molecule has 0 spiro atoms. The molecule has 3 rings (SSSR count). The van der Waals surface area contributed by atoms with E-state index in [0.29, 0.717) is 35.0 Å². The van der Waals surface area contributed by atoms with Gasteiger partial charge in [-0.15, -0.1) is 0 Å². The summed E-state index contributed by atoms with van der Waals surface area (Å²) in [6, 6.07) is 19.3. The molecule has 0 radical (unpaired) electrons. The summed E-state index contributed by atoms with van der Waals surface area (Å²) in [5.74, 6) is -0.301.